The van der Waals surface area contributed by atoms with E-state index in [2.05, 4.69) is 11.4 Å². The van der Waals surface area contributed by atoms with Crippen LogP contribution in [0.15, 0.2) is 11.6 Å². The van der Waals surface area contributed by atoms with Crippen LogP contribution in [0.25, 0.3) is 0 Å². The Kier molecular flexibility index (Phi) is 2.77. The molecule has 0 saturated carbocycles. The second kappa shape index (κ2) is 3.63. The molecule has 0 aliphatic carbocycles. The summed E-state index contributed by atoms with van der Waals surface area (Å²) in [6.07, 6.45) is 3.37. The van der Waals surface area contributed by atoms with Crippen molar-refractivity contribution in [2.24, 2.45) is 5.92 Å². The SMILES string of the molecule is CSC1NC(=O)C=C(C)C1C#N. The largest absolute Gasteiger partial charge is 0.339 e. The van der Waals surface area contributed by atoms with E-state index in [1.54, 1.807) is 0 Å². The third-order valence-electron chi connectivity index (χ3n) is 1.83. The van der Waals surface area contributed by atoms with E-state index in [1.807, 2.05) is 13.2 Å². The lowest BCUT2D eigenvalue weighted by molar-refractivity contribution is -0.117. The molecule has 0 spiro atoms. The summed E-state index contributed by atoms with van der Waals surface area (Å²) >= 11 is 1.49. The number of hydrogen-bond donors (Lipinski definition) is 1. The van der Waals surface area contributed by atoms with Crippen molar-refractivity contribution in [3.05, 3.63) is 11.6 Å². The smallest absolute Gasteiger partial charge is 0.244 e. The van der Waals surface area contributed by atoms with Crippen LogP contribution >= 0.6 is 11.8 Å². The van der Waals surface area contributed by atoms with Gasteiger partial charge in [-0.25, -0.2) is 0 Å². The number of nitrogens with zero attached hydrogens (tertiary/aromatic N) is 1. The van der Waals surface area contributed by atoms with Crippen molar-refractivity contribution in [2.45, 2.75) is 12.3 Å². The van der Waals surface area contributed by atoms with Gasteiger partial charge in [0.2, 0.25) is 5.91 Å². The van der Waals surface area contributed by atoms with E-state index < -0.39 is 0 Å². The molecule has 0 aromatic heterocycles. The van der Waals surface area contributed by atoms with Crippen LogP contribution in [-0.2, 0) is 4.79 Å². The summed E-state index contributed by atoms with van der Waals surface area (Å²) in [6.45, 7) is 1.82. The predicted molar refractivity (Wildman–Crippen MR) is 48.3 cm³/mol. The minimum atomic E-state index is -0.183. The van der Waals surface area contributed by atoms with Crippen molar-refractivity contribution in [1.29, 1.82) is 5.26 Å². The average Bonchev–Trinajstić information content (AvgIpc) is 2.03. The number of carbonyl (C=O) groups is 1. The predicted octanol–water partition coefficient (Wildman–Crippen LogP) is 0.891. The minimum Gasteiger partial charge on any atom is -0.339 e. The lowest BCUT2D eigenvalue weighted by Crippen LogP contribution is -2.40. The zero-order valence-electron chi connectivity index (χ0n) is 7.00. The van der Waals surface area contributed by atoms with E-state index in [9.17, 15) is 4.79 Å². The van der Waals surface area contributed by atoms with Crippen molar-refractivity contribution in [3.63, 3.8) is 0 Å². The van der Waals surface area contributed by atoms with Gasteiger partial charge in [0.05, 0.1) is 17.4 Å². The number of nitriles is 1. The maximum absolute atomic E-state index is 11.0. The minimum absolute atomic E-state index is 0.0903. The third-order valence-corrected chi connectivity index (χ3v) is 2.73. The highest BCUT2D eigenvalue weighted by molar-refractivity contribution is 7.99. The fourth-order valence-corrected chi connectivity index (χ4v) is 1.95. The van der Waals surface area contributed by atoms with Gasteiger partial charge in [0.1, 0.15) is 0 Å². The van der Waals surface area contributed by atoms with Gasteiger partial charge >= 0.3 is 0 Å². The summed E-state index contributed by atoms with van der Waals surface area (Å²) in [5.74, 6) is -0.281. The molecular weight excluding hydrogens is 172 g/mol. The zero-order valence-corrected chi connectivity index (χ0v) is 7.81. The number of rotatable bonds is 1. The van der Waals surface area contributed by atoms with E-state index in [0.29, 0.717) is 0 Å². The van der Waals surface area contributed by atoms with Gasteiger partial charge in [-0.15, -0.1) is 11.8 Å². The van der Waals surface area contributed by atoms with Crippen LogP contribution in [0, 0.1) is 17.2 Å². The molecule has 2 unspecified atom stereocenters. The summed E-state index contributed by atoms with van der Waals surface area (Å²) in [5.41, 5.74) is 0.848. The fourth-order valence-electron chi connectivity index (χ4n) is 1.17. The fraction of sp³-hybridized carbons (Fsp3) is 0.500. The van der Waals surface area contributed by atoms with Gasteiger partial charge in [-0.2, -0.15) is 5.26 Å². The molecule has 1 aliphatic heterocycles. The third kappa shape index (κ3) is 1.62. The first-order valence-electron chi connectivity index (χ1n) is 3.60. The summed E-state index contributed by atoms with van der Waals surface area (Å²) < 4.78 is 0. The van der Waals surface area contributed by atoms with Crippen molar-refractivity contribution in [2.75, 3.05) is 6.26 Å². The Labute approximate surface area is 75.8 Å². The van der Waals surface area contributed by atoms with Gasteiger partial charge in [0.15, 0.2) is 0 Å². The van der Waals surface area contributed by atoms with Crippen molar-refractivity contribution < 1.29 is 4.79 Å². The van der Waals surface area contributed by atoms with Gasteiger partial charge in [-0.05, 0) is 18.8 Å². The molecule has 0 aromatic rings. The van der Waals surface area contributed by atoms with Gasteiger partial charge in [0, 0.05) is 6.08 Å². The molecule has 0 fully saturated rings. The van der Waals surface area contributed by atoms with Gasteiger partial charge < -0.3 is 5.32 Å². The zero-order chi connectivity index (χ0) is 9.14. The number of thioether (sulfide) groups is 1. The Morgan fingerprint density at radius 2 is 2.42 bits per heavy atom. The topological polar surface area (TPSA) is 52.9 Å². The Bertz CT molecular complexity index is 267. The molecule has 1 aliphatic rings. The summed E-state index contributed by atoms with van der Waals surface area (Å²) in [5, 5.41) is 11.4. The number of hydrogen-bond acceptors (Lipinski definition) is 3. The Balaban J connectivity index is 2.89. The summed E-state index contributed by atoms with van der Waals surface area (Å²) in [7, 11) is 0. The van der Waals surface area contributed by atoms with Crippen molar-refractivity contribution >= 4 is 17.7 Å². The normalized spacial score (nSPS) is 28.8. The first-order valence-corrected chi connectivity index (χ1v) is 4.89. The molecule has 2 atom stereocenters. The van der Waals surface area contributed by atoms with Crippen LogP contribution in [-0.4, -0.2) is 17.5 Å². The molecule has 0 bridgehead atoms. The van der Waals surface area contributed by atoms with Gasteiger partial charge in [-0.3, -0.25) is 4.79 Å². The van der Waals surface area contributed by atoms with Crippen molar-refractivity contribution in [3.8, 4) is 6.07 Å². The van der Waals surface area contributed by atoms with Crippen LogP contribution in [0.1, 0.15) is 6.92 Å². The number of amides is 1. The lowest BCUT2D eigenvalue weighted by Gasteiger charge is -2.25. The molecular formula is C8H10N2OS. The second-order valence-electron chi connectivity index (χ2n) is 2.66. The number of carbonyl (C=O) groups excluding carboxylic acids is 1. The highest BCUT2D eigenvalue weighted by atomic mass is 32.2. The van der Waals surface area contributed by atoms with Crippen molar-refractivity contribution in [1.82, 2.24) is 5.32 Å². The molecule has 1 N–H and O–H groups in total. The molecule has 4 heteroatoms. The number of nitrogens with one attached hydrogen (secondary N) is 1. The highest BCUT2D eigenvalue weighted by Crippen LogP contribution is 2.24. The maximum atomic E-state index is 11.0. The lowest BCUT2D eigenvalue weighted by atomic mass is 9.98. The molecule has 0 saturated heterocycles. The maximum Gasteiger partial charge on any atom is 0.244 e. The highest BCUT2D eigenvalue weighted by Gasteiger charge is 2.27. The van der Waals surface area contributed by atoms with E-state index in [-0.39, 0.29) is 17.2 Å². The van der Waals surface area contributed by atoms with Crippen LogP contribution in [0.5, 0.6) is 0 Å². The van der Waals surface area contributed by atoms with Gasteiger partial charge in [-0.1, -0.05) is 0 Å². The molecule has 0 radical (unpaired) electrons. The van der Waals surface area contributed by atoms with E-state index >= 15 is 0 Å². The second-order valence-corrected chi connectivity index (χ2v) is 3.64. The molecule has 1 heterocycles. The van der Waals surface area contributed by atoms with E-state index in [1.165, 1.54) is 17.8 Å². The summed E-state index contributed by atoms with van der Waals surface area (Å²) in [4.78, 5) is 11.0. The van der Waals surface area contributed by atoms with Crippen LogP contribution in [0.4, 0.5) is 0 Å². The standard InChI is InChI=1S/C8H10N2OS/c1-5-3-7(11)10-8(12-2)6(5)4-9/h3,6,8H,1-2H3,(H,10,11). The van der Waals surface area contributed by atoms with E-state index in [0.717, 1.165) is 5.57 Å². The van der Waals surface area contributed by atoms with Gasteiger partial charge in [0.25, 0.3) is 0 Å². The Morgan fingerprint density at radius 1 is 1.75 bits per heavy atom. The monoisotopic (exact) mass is 182 g/mol. The summed E-state index contributed by atoms with van der Waals surface area (Å²) in [6, 6.07) is 2.17. The molecule has 3 nitrogen and oxygen atoms in total. The van der Waals surface area contributed by atoms with Crippen LogP contribution in [0.3, 0.4) is 0 Å². The first-order chi connectivity index (χ1) is 5.69. The Morgan fingerprint density at radius 3 is 2.92 bits per heavy atom. The van der Waals surface area contributed by atoms with E-state index in [4.69, 9.17) is 5.26 Å². The quantitative estimate of drug-likeness (QED) is 0.655. The molecule has 1 rings (SSSR count). The van der Waals surface area contributed by atoms with Crippen LogP contribution < -0.4 is 5.32 Å². The Hall–Kier alpha value is -0.950. The average molecular weight is 182 g/mol. The van der Waals surface area contributed by atoms with Crippen LogP contribution in [0.2, 0.25) is 0 Å². The molecule has 0 aromatic carbocycles. The first kappa shape index (κ1) is 9.14. The molecule has 64 valence electrons. The molecule has 1 amide bonds. The molecule has 12 heavy (non-hydrogen) atoms.